The molecule has 0 aliphatic rings. The van der Waals surface area contributed by atoms with E-state index in [1.165, 1.54) is 13.8 Å². The van der Waals surface area contributed by atoms with Crippen LogP contribution in [-0.4, -0.2) is 13.0 Å². The van der Waals surface area contributed by atoms with Crippen molar-refractivity contribution in [2.24, 2.45) is 5.92 Å². The first-order chi connectivity index (χ1) is 9.34. The molecule has 0 spiro atoms. The van der Waals surface area contributed by atoms with Gasteiger partial charge in [-0.3, -0.25) is 4.79 Å². The number of nitrogens with zero attached hydrogens (tertiary/aromatic N) is 1. The molecule has 1 rings (SSSR count). The normalized spacial score (nSPS) is 12.7. The van der Waals surface area contributed by atoms with Crippen LogP contribution in [-0.2, 0) is 17.1 Å². The highest BCUT2D eigenvalue weighted by Gasteiger charge is 2.37. The van der Waals surface area contributed by atoms with E-state index in [0.29, 0.717) is 12.1 Å². The molecule has 0 fully saturated rings. The minimum atomic E-state index is -4.93. The number of alkyl halides is 6. The van der Waals surface area contributed by atoms with Crippen molar-refractivity contribution in [2.75, 3.05) is 11.9 Å². The maximum Gasteiger partial charge on any atom is 0.416 e. The van der Waals surface area contributed by atoms with Gasteiger partial charge in [-0.2, -0.15) is 26.3 Å². The van der Waals surface area contributed by atoms with E-state index < -0.39 is 41.0 Å². The number of benzene rings is 1. The number of carbonyl (C=O) groups is 1. The Balaban J connectivity index is 3.42. The molecule has 0 aliphatic carbocycles. The maximum atomic E-state index is 12.7. The van der Waals surface area contributed by atoms with E-state index in [-0.39, 0.29) is 6.07 Å². The third-order valence-electron chi connectivity index (χ3n) is 2.78. The van der Waals surface area contributed by atoms with Crippen LogP contribution in [0.25, 0.3) is 0 Å². The molecule has 1 aromatic rings. The van der Waals surface area contributed by atoms with Crippen LogP contribution in [0.2, 0.25) is 0 Å². The Morgan fingerprint density at radius 3 is 1.62 bits per heavy atom. The molecule has 1 aromatic carbocycles. The fourth-order valence-corrected chi connectivity index (χ4v) is 1.65. The molecule has 0 bridgehead atoms. The maximum absolute atomic E-state index is 12.7. The average molecular weight is 313 g/mol. The van der Waals surface area contributed by atoms with Crippen LogP contribution in [0.3, 0.4) is 0 Å². The first-order valence-electron chi connectivity index (χ1n) is 5.91. The molecular formula is C13H13F6NO. The molecule has 0 unspecified atom stereocenters. The van der Waals surface area contributed by atoms with Crippen molar-refractivity contribution in [1.82, 2.24) is 0 Å². The Kier molecular flexibility index (Phi) is 4.60. The van der Waals surface area contributed by atoms with E-state index in [4.69, 9.17) is 0 Å². The highest BCUT2D eigenvalue weighted by Crippen LogP contribution is 2.38. The standard InChI is InChI=1S/C13H13F6NO/c1-7(2)11(21)20(3)10-5-8(12(14,15)16)4-9(6-10)13(17,18)19/h4-7H,1-3H3. The van der Waals surface area contributed by atoms with Gasteiger partial charge in [0.1, 0.15) is 0 Å². The summed E-state index contributed by atoms with van der Waals surface area (Å²) in [4.78, 5) is 12.5. The Morgan fingerprint density at radius 1 is 0.952 bits per heavy atom. The summed E-state index contributed by atoms with van der Waals surface area (Å²) in [7, 11) is 1.14. The molecule has 21 heavy (non-hydrogen) atoms. The Bertz CT molecular complexity index is 500. The Hall–Kier alpha value is -1.73. The van der Waals surface area contributed by atoms with Crippen LogP contribution in [0.15, 0.2) is 18.2 Å². The SMILES string of the molecule is CC(C)C(=O)N(C)c1cc(C(F)(F)F)cc(C(F)(F)F)c1. The lowest BCUT2D eigenvalue weighted by Crippen LogP contribution is -2.30. The van der Waals surface area contributed by atoms with E-state index in [1.54, 1.807) is 0 Å². The van der Waals surface area contributed by atoms with Gasteiger partial charge in [0.15, 0.2) is 0 Å². The van der Waals surface area contributed by atoms with Gasteiger partial charge in [-0.05, 0) is 18.2 Å². The zero-order valence-electron chi connectivity index (χ0n) is 11.4. The van der Waals surface area contributed by atoms with Crippen LogP contribution in [0.4, 0.5) is 32.0 Å². The van der Waals surface area contributed by atoms with Gasteiger partial charge in [-0.25, -0.2) is 0 Å². The highest BCUT2D eigenvalue weighted by molar-refractivity contribution is 5.94. The van der Waals surface area contributed by atoms with Gasteiger partial charge < -0.3 is 4.90 Å². The molecule has 8 heteroatoms. The van der Waals surface area contributed by atoms with Crippen molar-refractivity contribution in [3.8, 4) is 0 Å². The number of anilines is 1. The third-order valence-corrected chi connectivity index (χ3v) is 2.78. The zero-order valence-corrected chi connectivity index (χ0v) is 11.4. The van der Waals surface area contributed by atoms with Gasteiger partial charge in [-0.15, -0.1) is 0 Å². The summed E-state index contributed by atoms with van der Waals surface area (Å²) < 4.78 is 76.1. The van der Waals surface area contributed by atoms with Gasteiger partial charge in [0.05, 0.1) is 11.1 Å². The lowest BCUT2D eigenvalue weighted by molar-refractivity contribution is -0.143. The van der Waals surface area contributed by atoms with Crippen LogP contribution >= 0.6 is 0 Å². The molecular weight excluding hydrogens is 300 g/mol. The molecule has 0 aromatic heterocycles. The molecule has 2 nitrogen and oxygen atoms in total. The first-order valence-corrected chi connectivity index (χ1v) is 5.91. The minimum absolute atomic E-state index is 0.0250. The van der Waals surface area contributed by atoms with Crippen LogP contribution in [0, 0.1) is 5.92 Å². The van der Waals surface area contributed by atoms with Crippen LogP contribution in [0.5, 0.6) is 0 Å². The number of halogens is 6. The molecule has 1 amide bonds. The quantitative estimate of drug-likeness (QED) is 0.744. The largest absolute Gasteiger partial charge is 0.416 e. The van der Waals surface area contributed by atoms with E-state index >= 15 is 0 Å². The smallest absolute Gasteiger partial charge is 0.315 e. The molecule has 0 radical (unpaired) electrons. The average Bonchev–Trinajstić information content (AvgIpc) is 2.34. The molecule has 118 valence electrons. The summed E-state index contributed by atoms with van der Waals surface area (Å²) in [6.45, 7) is 2.99. The predicted octanol–water partition coefficient (Wildman–Crippen LogP) is 4.34. The van der Waals surface area contributed by atoms with E-state index in [0.717, 1.165) is 11.9 Å². The fraction of sp³-hybridized carbons (Fsp3) is 0.462. The topological polar surface area (TPSA) is 20.3 Å². The molecule has 0 atom stereocenters. The number of rotatable bonds is 2. The van der Waals surface area contributed by atoms with Gasteiger partial charge in [0, 0.05) is 18.7 Å². The number of carbonyl (C=O) groups excluding carboxylic acids is 1. The van der Waals surface area contributed by atoms with Crippen molar-refractivity contribution >= 4 is 11.6 Å². The van der Waals surface area contributed by atoms with Crippen molar-refractivity contribution in [2.45, 2.75) is 26.2 Å². The molecule has 0 saturated heterocycles. The third kappa shape index (κ3) is 4.12. The van der Waals surface area contributed by atoms with Gasteiger partial charge >= 0.3 is 12.4 Å². The fourth-order valence-electron chi connectivity index (χ4n) is 1.65. The molecule has 0 N–H and O–H groups in total. The second-order valence-electron chi connectivity index (χ2n) is 4.82. The van der Waals surface area contributed by atoms with Crippen molar-refractivity contribution in [3.05, 3.63) is 29.3 Å². The zero-order chi connectivity index (χ0) is 16.6. The van der Waals surface area contributed by atoms with E-state index in [9.17, 15) is 31.1 Å². The summed E-state index contributed by atoms with van der Waals surface area (Å²) in [6.07, 6.45) is -9.87. The number of hydrogen-bond acceptors (Lipinski definition) is 1. The monoisotopic (exact) mass is 313 g/mol. The Morgan fingerprint density at radius 2 is 1.33 bits per heavy atom. The summed E-state index contributed by atoms with van der Waals surface area (Å²) in [5.41, 5.74) is -3.35. The number of amides is 1. The van der Waals surface area contributed by atoms with E-state index in [2.05, 4.69) is 0 Å². The Labute approximate surface area is 117 Å². The molecule has 0 saturated carbocycles. The highest BCUT2D eigenvalue weighted by atomic mass is 19.4. The lowest BCUT2D eigenvalue weighted by Gasteiger charge is -2.22. The summed E-state index contributed by atoms with van der Waals surface area (Å²) >= 11 is 0. The van der Waals surface area contributed by atoms with Crippen molar-refractivity contribution in [3.63, 3.8) is 0 Å². The van der Waals surface area contributed by atoms with E-state index in [1.807, 2.05) is 0 Å². The summed E-state index contributed by atoms with van der Waals surface area (Å²) in [6, 6.07) is 1.07. The second kappa shape index (κ2) is 5.57. The first kappa shape index (κ1) is 17.3. The van der Waals surface area contributed by atoms with Gasteiger partial charge in [-0.1, -0.05) is 13.8 Å². The minimum Gasteiger partial charge on any atom is -0.315 e. The molecule has 0 aliphatic heterocycles. The summed E-state index contributed by atoms with van der Waals surface area (Å²) in [5, 5.41) is 0. The molecule has 0 heterocycles. The van der Waals surface area contributed by atoms with Gasteiger partial charge in [0.25, 0.3) is 0 Å². The number of hydrogen-bond donors (Lipinski definition) is 0. The van der Waals surface area contributed by atoms with Crippen LogP contribution < -0.4 is 4.90 Å². The predicted molar refractivity (Wildman–Crippen MR) is 64.7 cm³/mol. The van der Waals surface area contributed by atoms with Crippen molar-refractivity contribution in [1.29, 1.82) is 0 Å². The van der Waals surface area contributed by atoms with Crippen molar-refractivity contribution < 1.29 is 31.1 Å². The van der Waals surface area contributed by atoms with Gasteiger partial charge in [0.2, 0.25) is 5.91 Å². The van der Waals surface area contributed by atoms with Crippen LogP contribution in [0.1, 0.15) is 25.0 Å². The lowest BCUT2D eigenvalue weighted by atomic mass is 10.1. The second-order valence-corrected chi connectivity index (χ2v) is 4.82. The summed E-state index contributed by atoms with van der Waals surface area (Å²) in [5.74, 6) is -1.14.